The Morgan fingerprint density at radius 2 is 2.04 bits per heavy atom. The third kappa shape index (κ3) is 5.01. The molecule has 0 saturated heterocycles. The van der Waals surface area contributed by atoms with E-state index < -0.39 is 0 Å². The first kappa shape index (κ1) is 20.3. The van der Waals surface area contributed by atoms with Crippen molar-refractivity contribution < 1.29 is 21.5 Å². The van der Waals surface area contributed by atoms with Crippen LogP contribution in [0.3, 0.4) is 0 Å². The second kappa shape index (κ2) is 9.62. The van der Waals surface area contributed by atoms with Gasteiger partial charge in [0.2, 0.25) is 0 Å². The molecule has 1 aliphatic carbocycles. The molecular weight excluding hydrogens is 389 g/mol. The minimum Gasteiger partial charge on any atom is -0.375 e. The van der Waals surface area contributed by atoms with E-state index in [-0.39, 0.29) is 34.0 Å². The topological polar surface area (TPSA) is 41.6 Å². The first-order valence-corrected chi connectivity index (χ1v) is 8.36. The molecule has 1 aliphatic heterocycles. The summed E-state index contributed by atoms with van der Waals surface area (Å²) in [6.07, 6.45) is 10.7. The molecule has 2 aromatic carbocycles. The molecular formula is C20H18FFeN3S. The van der Waals surface area contributed by atoms with Crippen molar-refractivity contribution >= 4 is 23.0 Å². The zero-order valence-corrected chi connectivity index (χ0v) is 15.8. The third-order valence-electron chi connectivity index (χ3n) is 3.94. The number of hydrogen-bond acceptors (Lipinski definition) is 2. The Hall–Kier alpha value is -2.01. The molecule has 26 heavy (non-hydrogen) atoms. The molecule has 0 bridgehead atoms. The maximum absolute atomic E-state index is 13.0. The van der Waals surface area contributed by atoms with Crippen LogP contribution in [0.5, 0.6) is 0 Å². The summed E-state index contributed by atoms with van der Waals surface area (Å²) in [5.74, 6) is -0.258. The minimum atomic E-state index is -0.258. The second-order valence-corrected chi connectivity index (χ2v) is 6.06. The van der Waals surface area contributed by atoms with Crippen LogP contribution < -0.4 is 5.73 Å². The Kier molecular flexibility index (Phi) is 7.51. The van der Waals surface area contributed by atoms with Crippen LogP contribution in [0.1, 0.15) is 23.6 Å². The van der Waals surface area contributed by atoms with Gasteiger partial charge >= 0.3 is 17.1 Å². The summed E-state index contributed by atoms with van der Waals surface area (Å²) in [4.78, 5) is 0. The molecule has 134 valence electrons. The van der Waals surface area contributed by atoms with Gasteiger partial charge in [-0.3, -0.25) is 0 Å². The Bertz CT molecular complexity index is 763. The fraction of sp³-hybridized carbons (Fsp3) is 0.100. The molecule has 1 unspecified atom stereocenters. The Morgan fingerprint density at radius 3 is 2.54 bits per heavy atom. The number of hydrazone groups is 1. The van der Waals surface area contributed by atoms with E-state index in [4.69, 9.17) is 18.0 Å². The van der Waals surface area contributed by atoms with Crippen molar-refractivity contribution in [3.63, 3.8) is 0 Å². The normalized spacial score (nSPS) is 17.7. The van der Waals surface area contributed by atoms with Crippen molar-refractivity contribution in [3.8, 4) is 0 Å². The number of rotatable bonds is 2. The van der Waals surface area contributed by atoms with Crippen LogP contribution in [-0.4, -0.2) is 15.8 Å². The summed E-state index contributed by atoms with van der Waals surface area (Å²) in [6.45, 7) is 0. The summed E-state index contributed by atoms with van der Waals surface area (Å²) >= 11 is 5.07. The minimum absolute atomic E-state index is 0. The molecule has 0 aromatic heterocycles. The van der Waals surface area contributed by atoms with Gasteiger partial charge in [0.05, 0.1) is 11.8 Å². The molecule has 1 heterocycles. The molecule has 3 nitrogen and oxygen atoms in total. The quantitative estimate of drug-likeness (QED) is 0.463. The second-order valence-electron chi connectivity index (χ2n) is 5.64. The van der Waals surface area contributed by atoms with Crippen LogP contribution in [0.15, 0.2) is 65.8 Å². The van der Waals surface area contributed by atoms with Crippen molar-refractivity contribution in [2.45, 2.75) is 12.5 Å². The van der Waals surface area contributed by atoms with E-state index in [1.54, 1.807) is 17.1 Å². The first-order chi connectivity index (χ1) is 12.1. The number of thiocarbonyl (C=S) groups is 1. The maximum atomic E-state index is 13.0. The van der Waals surface area contributed by atoms with E-state index >= 15 is 0 Å². The van der Waals surface area contributed by atoms with Gasteiger partial charge in [0.15, 0.2) is 5.11 Å². The molecule has 4 rings (SSSR count). The summed E-state index contributed by atoms with van der Waals surface area (Å²) in [7, 11) is 0. The van der Waals surface area contributed by atoms with Crippen LogP contribution in [0, 0.1) is 25.1 Å². The Balaban J connectivity index is 0.000000351. The largest absolute Gasteiger partial charge is 2.00 e. The number of nitrogens with zero attached hydrogens (tertiary/aromatic N) is 2. The van der Waals surface area contributed by atoms with Crippen LogP contribution in [0.2, 0.25) is 0 Å². The molecule has 0 saturated carbocycles. The van der Waals surface area contributed by atoms with Gasteiger partial charge in [-0.1, -0.05) is 12.1 Å². The van der Waals surface area contributed by atoms with Gasteiger partial charge in [0.1, 0.15) is 5.82 Å². The van der Waals surface area contributed by atoms with Gasteiger partial charge in [-0.15, -0.1) is 18.4 Å². The van der Waals surface area contributed by atoms with E-state index in [1.165, 1.54) is 12.1 Å². The first-order valence-electron chi connectivity index (χ1n) is 7.95. The predicted octanol–water partition coefficient (Wildman–Crippen LogP) is 4.11. The van der Waals surface area contributed by atoms with Crippen molar-refractivity contribution in [1.29, 1.82) is 0 Å². The molecule has 2 aliphatic rings. The zero-order valence-electron chi connectivity index (χ0n) is 13.9. The standard InChI is InChI=1S/C15H13FN3S.C5H5.Fe/c16-12-7-5-10(6-8-12)13-9-14(11-3-1-2-4-11)19(18-13)15(17)20;1-2-4-5-3-1;/h1-8,14H,9H2,(H2,17,20);1-5H;/q2*-1;+2. The van der Waals surface area contributed by atoms with E-state index in [9.17, 15) is 4.39 Å². The molecule has 6 heteroatoms. The van der Waals surface area contributed by atoms with Gasteiger partial charge in [0, 0.05) is 6.42 Å². The molecule has 2 aromatic rings. The molecule has 2 N–H and O–H groups in total. The van der Waals surface area contributed by atoms with Gasteiger partial charge in [0.25, 0.3) is 0 Å². The molecule has 0 amide bonds. The van der Waals surface area contributed by atoms with E-state index in [0.29, 0.717) is 6.42 Å². The van der Waals surface area contributed by atoms with Crippen molar-refractivity contribution in [2.75, 3.05) is 0 Å². The van der Waals surface area contributed by atoms with E-state index in [1.807, 2.05) is 55.7 Å². The van der Waals surface area contributed by atoms with Gasteiger partial charge in [-0.25, -0.2) is 40.1 Å². The van der Waals surface area contributed by atoms with Gasteiger partial charge < -0.3 is 5.73 Å². The van der Waals surface area contributed by atoms with Crippen molar-refractivity contribution in [3.05, 3.63) is 96.9 Å². The number of halogens is 1. The number of allylic oxidation sites excluding steroid dienone is 2. The summed E-state index contributed by atoms with van der Waals surface area (Å²) in [5, 5.41) is 6.39. The van der Waals surface area contributed by atoms with E-state index in [0.717, 1.165) is 16.8 Å². The van der Waals surface area contributed by atoms with Crippen LogP contribution in [-0.2, 0) is 17.1 Å². The molecule has 0 fully saturated rings. The number of benzene rings is 1. The fourth-order valence-corrected chi connectivity index (χ4v) is 2.89. The number of hydrogen-bond donors (Lipinski definition) is 1. The Morgan fingerprint density at radius 1 is 1.27 bits per heavy atom. The predicted molar refractivity (Wildman–Crippen MR) is 103 cm³/mol. The smallest absolute Gasteiger partial charge is 0.375 e. The fourth-order valence-electron chi connectivity index (χ4n) is 2.72. The molecule has 2 radical (unpaired) electrons. The Labute approximate surface area is 169 Å². The average molecular weight is 407 g/mol. The average Bonchev–Trinajstić information content (AvgIpc) is 3.36. The van der Waals surface area contributed by atoms with Crippen molar-refractivity contribution in [2.24, 2.45) is 10.8 Å². The number of nitrogens with two attached hydrogens (primary N) is 1. The van der Waals surface area contributed by atoms with Crippen LogP contribution >= 0.6 is 12.2 Å². The van der Waals surface area contributed by atoms with Crippen LogP contribution in [0.25, 0.3) is 0 Å². The summed E-state index contributed by atoms with van der Waals surface area (Å²) < 4.78 is 13.0. The monoisotopic (exact) mass is 407 g/mol. The molecule has 1 atom stereocenters. The van der Waals surface area contributed by atoms with Crippen molar-refractivity contribution in [1.82, 2.24) is 5.01 Å². The van der Waals surface area contributed by atoms with E-state index in [2.05, 4.69) is 5.10 Å². The third-order valence-corrected chi connectivity index (χ3v) is 4.13. The van der Waals surface area contributed by atoms with Crippen LogP contribution in [0.4, 0.5) is 4.39 Å². The summed E-state index contributed by atoms with van der Waals surface area (Å²) in [5.41, 5.74) is 8.63. The maximum Gasteiger partial charge on any atom is 2.00 e. The van der Waals surface area contributed by atoms with Gasteiger partial charge in [-0.05, 0) is 29.9 Å². The van der Waals surface area contributed by atoms with Gasteiger partial charge in [-0.2, -0.15) is 17.2 Å². The summed E-state index contributed by atoms with van der Waals surface area (Å²) in [6, 6.07) is 14.3. The zero-order chi connectivity index (χ0) is 17.6. The SMILES string of the molecule is NC(=S)N1N=C(c2ccc(F)cc2)CC1c1ccc[cH-]1.[CH]1[CH][CH-]C=C1.[Fe+2]. The molecule has 0 spiro atoms.